The molecule has 1 aromatic heterocycles. The lowest BCUT2D eigenvalue weighted by molar-refractivity contribution is 0.187. The van der Waals surface area contributed by atoms with E-state index >= 15 is 0 Å². The van der Waals surface area contributed by atoms with Gasteiger partial charge < -0.3 is 15.2 Å². The fourth-order valence-electron chi connectivity index (χ4n) is 3.12. The van der Waals surface area contributed by atoms with E-state index in [0.29, 0.717) is 12.6 Å². The summed E-state index contributed by atoms with van der Waals surface area (Å²) >= 11 is 0. The van der Waals surface area contributed by atoms with Gasteiger partial charge in [0.25, 0.3) is 0 Å². The average molecular weight is 296 g/mol. The summed E-state index contributed by atoms with van der Waals surface area (Å²) in [7, 11) is 0. The number of rotatable bonds is 4. The second kappa shape index (κ2) is 5.71. The Morgan fingerprint density at radius 2 is 2.00 bits per heavy atom. The highest BCUT2D eigenvalue weighted by Gasteiger charge is 2.20. The van der Waals surface area contributed by atoms with Crippen LogP contribution < -0.4 is 10.1 Å². The number of ether oxygens (including phenoxy) is 1. The number of benzene rings is 1. The summed E-state index contributed by atoms with van der Waals surface area (Å²) < 4.78 is 5.82. The van der Waals surface area contributed by atoms with Crippen LogP contribution in [-0.4, -0.2) is 35.4 Å². The number of nitrogens with zero attached hydrogens (tertiary/aromatic N) is 1. The standard InChI is InChI=1S/C18H20N2O2/c21-17-6-13-2-1-12(5-14(13)7-17)15-8-18(10-19-9-15)22-11-16-3-4-20-16/h1-2,5,8-10,16-17,20-21H,3-4,6-7,11H2/t16-,17?/m0/s1. The average Bonchev–Trinajstić information content (AvgIpc) is 2.85. The molecule has 4 nitrogen and oxygen atoms in total. The van der Waals surface area contributed by atoms with Gasteiger partial charge in [-0.25, -0.2) is 0 Å². The van der Waals surface area contributed by atoms with Crippen molar-refractivity contribution in [3.05, 3.63) is 47.8 Å². The zero-order valence-corrected chi connectivity index (χ0v) is 12.5. The first kappa shape index (κ1) is 13.7. The molecule has 2 aromatic rings. The van der Waals surface area contributed by atoms with Crippen molar-refractivity contribution in [2.75, 3.05) is 13.2 Å². The van der Waals surface area contributed by atoms with E-state index < -0.39 is 0 Å². The summed E-state index contributed by atoms with van der Waals surface area (Å²) in [5.74, 6) is 0.812. The predicted molar refractivity (Wildman–Crippen MR) is 85.0 cm³/mol. The van der Waals surface area contributed by atoms with Crippen LogP contribution in [0.2, 0.25) is 0 Å². The smallest absolute Gasteiger partial charge is 0.138 e. The fourth-order valence-corrected chi connectivity index (χ4v) is 3.12. The molecular formula is C18H20N2O2. The van der Waals surface area contributed by atoms with Gasteiger partial charge in [-0.05, 0) is 48.6 Å². The molecule has 114 valence electrons. The van der Waals surface area contributed by atoms with Crippen molar-refractivity contribution in [2.24, 2.45) is 0 Å². The molecule has 1 saturated heterocycles. The van der Waals surface area contributed by atoms with Crippen LogP contribution in [0.25, 0.3) is 11.1 Å². The van der Waals surface area contributed by atoms with Crippen molar-refractivity contribution in [2.45, 2.75) is 31.4 Å². The minimum Gasteiger partial charge on any atom is -0.490 e. The summed E-state index contributed by atoms with van der Waals surface area (Å²) in [6.45, 7) is 1.79. The van der Waals surface area contributed by atoms with E-state index in [0.717, 1.165) is 36.3 Å². The number of hydrogen-bond donors (Lipinski definition) is 2. The third-order valence-corrected chi connectivity index (χ3v) is 4.54. The monoisotopic (exact) mass is 296 g/mol. The maximum absolute atomic E-state index is 9.77. The summed E-state index contributed by atoms with van der Waals surface area (Å²) in [4.78, 5) is 4.30. The van der Waals surface area contributed by atoms with Crippen molar-refractivity contribution in [1.82, 2.24) is 10.3 Å². The molecule has 0 amide bonds. The minimum absolute atomic E-state index is 0.229. The normalized spacial score (nSPS) is 23.0. The summed E-state index contributed by atoms with van der Waals surface area (Å²) in [6, 6.07) is 8.90. The van der Waals surface area contributed by atoms with Gasteiger partial charge in [-0.2, -0.15) is 0 Å². The topological polar surface area (TPSA) is 54.4 Å². The molecule has 1 unspecified atom stereocenters. The Kier molecular flexibility index (Phi) is 3.56. The molecule has 1 aliphatic carbocycles. The van der Waals surface area contributed by atoms with Gasteiger partial charge in [-0.1, -0.05) is 18.2 Å². The zero-order chi connectivity index (χ0) is 14.9. The molecule has 2 heterocycles. The second-order valence-corrected chi connectivity index (χ2v) is 6.21. The number of aliphatic hydroxyl groups is 1. The molecule has 2 N–H and O–H groups in total. The molecule has 1 aliphatic heterocycles. The molecule has 2 atom stereocenters. The first-order valence-corrected chi connectivity index (χ1v) is 7.89. The van der Waals surface area contributed by atoms with Crippen LogP contribution in [0.15, 0.2) is 36.7 Å². The van der Waals surface area contributed by atoms with Crippen LogP contribution in [0.5, 0.6) is 5.75 Å². The van der Waals surface area contributed by atoms with Gasteiger partial charge in [-0.15, -0.1) is 0 Å². The lowest BCUT2D eigenvalue weighted by atomic mass is 10.0. The van der Waals surface area contributed by atoms with E-state index in [9.17, 15) is 5.11 Å². The van der Waals surface area contributed by atoms with E-state index in [2.05, 4.69) is 28.5 Å². The van der Waals surface area contributed by atoms with Gasteiger partial charge in [-0.3, -0.25) is 4.98 Å². The van der Waals surface area contributed by atoms with E-state index in [-0.39, 0.29) is 6.10 Å². The summed E-state index contributed by atoms with van der Waals surface area (Å²) in [5, 5.41) is 13.1. The van der Waals surface area contributed by atoms with Crippen LogP contribution in [0, 0.1) is 0 Å². The molecule has 0 spiro atoms. The Hall–Kier alpha value is -1.91. The molecule has 1 aromatic carbocycles. The maximum Gasteiger partial charge on any atom is 0.138 e. The largest absolute Gasteiger partial charge is 0.490 e. The first-order valence-electron chi connectivity index (χ1n) is 7.89. The van der Waals surface area contributed by atoms with Crippen molar-refractivity contribution in [1.29, 1.82) is 0 Å². The Balaban J connectivity index is 1.53. The number of nitrogens with one attached hydrogen (secondary N) is 1. The number of fused-ring (bicyclic) bond motifs is 1. The van der Waals surface area contributed by atoms with Crippen molar-refractivity contribution >= 4 is 0 Å². The van der Waals surface area contributed by atoms with Gasteiger partial charge in [0.2, 0.25) is 0 Å². The van der Waals surface area contributed by atoms with E-state index in [4.69, 9.17) is 4.74 Å². The minimum atomic E-state index is -0.229. The fraction of sp³-hybridized carbons (Fsp3) is 0.389. The maximum atomic E-state index is 9.77. The quantitative estimate of drug-likeness (QED) is 0.905. The number of pyridine rings is 1. The Morgan fingerprint density at radius 1 is 1.14 bits per heavy atom. The highest BCUT2D eigenvalue weighted by atomic mass is 16.5. The predicted octanol–water partition coefficient (Wildman–Crippen LogP) is 1.95. The molecule has 2 aliphatic rings. The number of hydrogen-bond acceptors (Lipinski definition) is 4. The molecule has 4 heteroatoms. The Morgan fingerprint density at radius 3 is 2.82 bits per heavy atom. The summed E-state index contributed by atoms with van der Waals surface area (Å²) in [6.07, 6.45) is 6.10. The molecule has 0 saturated carbocycles. The Labute approximate surface area is 130 Å². The lowest BCUT2D eigenvalue weighted by Gasteiger charge is -2.27. The van der Waals surface area contributed by atoms with E-state index in [1.54, 1.807) is 6.20 Å². The SMILES string of the molecule is OC1Cc2ccc(-c3cncc(OC[C@@H]4CCN4)c3)cc2C1. The van der Waals surface area contributed by atoms with Gasteiger partial charge in [0.05, 0.1) is 12.3 Å². The van der Waals surface area contributed by atoms with E-state index in [1.807, 2.05) is 12.3 Å². The van der Waals surface area contributed by atoms with Crippen molar-refractivity contribution in [3.63, 3.8) is 0 Å². The third-order valence-electron chi connectivity index (χ3n) is 4.54. The molecule has 4 rings (SSSR count). The van der Waals surface area contributed by atoms with Gasteiger partial charge in [0, 0.05) is 17.8 Å². The van der Waals surface area contributed by atoms with Crippen molar-refractivity contribution < 1.29 is 9.84 Å². The molecule has 1 fully saturated rings. The van der Waals surface area contributed by atoms with Crippen LogP contribution in [0.3, 0.4) is 0 Å². The number of aliphatic hydroxyl groups excluding tert-OH is 1. The summed E-state index contributed by atoms with van der Waals surface area (Å²) in [5.41, 5.74) is 4.69. The Bertz CT molecular complexity index is 683. The lowest BCUT2D eigenvalue weighted by Crippen LogP contribution is -2.46. The van der Waals surface area contributed by atoms with Gasteiger partial charge in [0.1, 0.15) is 12.4 Å². The van der Waals surface area contributed by atoms with E-state index in [1.165, 1.54) is 17.5 Å². The first-order chi connectivity index (χ1) is 10.8. The van der Waals surface area contributed by atoms with Crippen LogP contribution in [-0.2, 0) is 12.8 Å². The van der Waals surface area contributed by atoms with Crippen molar-refractivity contribution in [3.8, 4) is 16.9 Å². The number of aromatic nitrogens is 1. The van der Waals surface area contributed by atoms with Gasteiger partial charge >= 0.3 is 0 Å². The zero-order valence-electron chi connectivity index (χ0n) is 12.5. The van der Waals surface area contributed by atoms with Crippen LogP contribution in [0.1, 0.15) is 17.5 Å². The van der Waals surface area contributed by atoms with Gasteiger partial charge in [0.15, 0.2) is 0 Å². The third kappa shape index (κ3) is 2.72. The molecule has 0 bridgehead atoms. The second-order valence-electron chi connectivity index (χ2n) is 6.21. The van der Waals surface area contributed by atoms with Crippen LogP contribution >= 0.6 is 0 Å². The molecule has 22 heavy (non-hydrogen) atoms. The highest BCUT2D eigenvalue weighted by Crippen LogP contribution is 2.29. The van der Waals surface area contributed by atoms with Crippen LogP contribution in [0.4, 0.5) is 0 Å². The molecular weight excluding hydrogens is 276 g/mol. The highest BCUT2D eigenvalue weighted by molar-refractivity contribution is 5.65. The molecule has 0 radical (unpaired) electrons.